The molecule has 1 aliphatic rings. The minimum atomic E-state index is -1.05. The van der Waals surface area contributed by atoms with Gasteiger partial charge in [0, 0.05) is 18.0 Å². The SMILES string of the molecule is Cc1ccc(NC(=O)[C@@H](CCC(=O)O)NC(=O)OCC2c3ccccc3-c3ccccc32)cc1. The number of alkyl carbamates (subject to hydrolysis) is 1. The van der Waals surface area contributed by atoms with Crippen LogP contribution in [0.2, 0.25) is 0 Å². The van der Waals surface area contributed by atoms with Gasteiger partial charge < -0.3 is 20.5 Å². The Labute approximate surface area is 197 Å². The molecule has 2 amide bonds. The molecule has 3 N–H and O–H groups in total. The molecule has 7 heteroatoms. The third kappa shape index (κ3) is 5.26. The number of fused-ring (bicyclic) bond motifs is 3. The Morgan fingerprint density at radius 1 is 0.912 bits per heavy atom. The minimum absolute atomic E-state index is 0.0583. The van der Waals surface area contributed by atoms with Crippen LogP contribution in [-0.4, -0.2) is 35.7 Å². The molecule has 0 saturated heterocycles. The summed E-state index contributed by atoms with van der Waals surface area (Å²) in [7, 11) is 0. The first kappa shape index (κ1) is 23.0. The van der Waals surface area contributed by atoms with Crippen LogP contribution in [0.1, 0.15) is 35.4 Å². The van der Waals surface area contributed by atoms with Gasteiger partial charge in [0.05, 0.1) is 0 Å². The number of rotatable bonds is 8. The van der Waals surface area contributed by atoms with Crippen molar-refractivity contribution in [2.24, 2.45) is 0 Å². The van der Waals surface area contributed by atoms with E-state index in [1.54, 1.807) is 12.1 Å². The number of carboxylic acids is 1. The fraction of sp³-hybridized carbons (Fsp3) is 0.222. The van der Waals surface area contributed by atoms with E-state index in [1.165, 1.54) is 0 Å². The highest BCUT2D eigenvalue weighted by Gasteiger charge is 2.30. The lowest BCUT2D eigenvalue weighted by Crippen LogP contribution is -2.44. The first-order valence-corrected chi connectivity index (χ1v) is 11.1. The maximum atomic E-state index is 12.8. The number of carbonyl (C=O) groups excluding carboxylic acids is 2. The van der Waals surface area contributed by atoms with Gasteiger partial charge in [-0.05, 0) is 47.7 Å². The van der Waals surface area contributed by atoms with Crippen molar-refractivity contribution in [2.45, 2.75) is 31.7 Å². The summed E-state index contributed by atoms with van der Waals surface area (Å²) in [6, 6.07) is 22.1. The highest BCUT2D eigenvalue weighted by atomic mass is 16.5. The Morgan fingerprint density at radius 3 is 2.09 bits per heavy atom. The Balaban J connectivity index is 1.42. The highest BCUT2D eigenvalue weighted by molar-refractivity contribution is 5.96. The number of hydrogen-bond donors (Lipinski definition) is 3. The number of anilines is 1. The van der Waals surface area contributed by atoms with Crippen LogP contribution in [0.5, 0.6) is 0 Å². The van der Waals surface area contributed by atoms with E-state index in [0.29, 0.717) is 5.69 Å². The molecule has 0 bridgehead atoms. The summed E-state index contributed by atoms with van der Waals surface area (Å²) < 4.78 is 5.52. The molecule has 3 aromatic carbocycles. The van der Waals surface area contributed by atoms with E-state index in [4.69, 9.17) is 9.84 Å². The maximum Gasteiger partial charge on any atom is 0.407 e. The topological polar surface area (TPSA) is 105 Å². The molecule has 0 unspecified atom stereocenters. The van der Waals surface area contributed by atoms with E-state index in [2.05, 4.69) is 10.6 Å². The number of aryl methyl sites for hydroxylation is 1. The van der Waals surface area contributed by atoms with E-state index >= 15 is 0 Å². The van der Waals surface area contributed by atoms with Crippen LogP contribution in [0, 0.1) is 6.92 Å². The number of nitrogens with one attached hydrogen (secondary N) is 2. The molecule has 0 saturated carbocycles. The molecule has 174 valence electrons. The van der Waals surface area contributed by atoms with E-state index in [-0.39, 0.29) is 25.4 Å². The Morgan fingerprint density at radius 2 is 1.50 bits per heavy atom. The van der Waals surface area contributed by atoms with Crippen molar-refractivity contribution in [2.75, 3.05) is 11.9 Å². The number of hydrogen-bond acceptors (Lipinski definition) is 4. The molecule has 3 aromatic rings. The fourth-order valence-electron chi connectivity index (χ4n) is 4.19. The minimum Gasteiger partial charge on any atom is -0.481 e. The third-order valence-electron chi connectivity index (χ3n) is 5.92. The van der Waals surface area contributed by atoms with Crippen molar-refractivity contribution in [1.29, 1.82) is 0 Å². The number of carbonyl (C=O) groups is 3. The van der Waals surface area contributed by atoms with Crippen molar-refractivity contribution in [3.05, 3.63) is 89.5 Å². The monoisotopic (exact) mass is 458 g/mol. The van der Waals surface area contributed by atoms with E-state index in [9.17, 15) is 14.4 Å². The van der Waals surface area contributed by atoms with Gasteiger partial charge in [0.2, 0.25) is 5.91 Å². The molecule has 34 heavy (non-hydrogen) atoms. The third-order valence-corrected chi connectivity index (χ3v) is 5.92. The zero-order chi connectivity index (χ0) is 24.1. The van der Waals surface area contributed by atoms with Crippen LogP contribution in [0.25, 0.3) is 11.1 Å². The normalized spacial score (nSPS) is 12.9. The van der Waals surface area contributed by atoms with Crippen molar-refractivity contribution in [3.8, 4) is 11.1 Å². The van der Waals surface area contributed by atoms with Crippen LogP contribution in [0.4, 0.5) is 10.5 Å². The maximum absolute atomic E-state index is 12.8. The fourth-order valence-corrected chi connectivity index (χ4v) is 4.19. The highest BCUT2D eigenvalue weighted by Crippen LogP contribution is 2.44. The Kier molecular flexibility index (Phi) is 6.92. The van der Waals surface area contributed by atoms with Gasteiger partial charge in [0.1, 0.15) is 12.6 Å². The van der Waals surface area contributed by atoms with Crippen LogP contribution < -0.4 is 10.6 Å². The summed E-state index contributed by atoms with van der Waals surface area (Å²) >= 11 is 0. The molecule has 0 spiro atoms. The van der Waals surface area contributed by atoms with Gasteiger partial charge in [0.25, 0.3) is 0 Å². The molecule has 7 nitrogen and oxygen atoms in total. The summed E-state index contributed by atoms with van der Waals surface area (Å²) in [5.41, 5.74) is 5.99. The molecule has 0 heterocycles. The summed E-state index contributed by atoms with van der Waals surface area (Å²) in [6.07, 6.45) is -1.09. The standard InChI is InChI=1S/C27H26N2O5/c1-17-10-12-18(13-11-17)28-26(32)24(14-15-25(30)31)29-27(33)34-16-23-21-8-4-2-6-19(21)20-7-3-5-9-22(20)23/h2-13,23-24H,14-16H2,1H3,(H,28,32)(H,29,33)(H,30,31)/t24-/m1/s1. The molecular weight excluding hydrogens is 432 g/mol. The average Bonchev–Trinajstić information content (AvgIpc) is 3.15. The van der Waals surface area contributed by atoms with Gasteiger partial charge in [-0.2, -0.15) is 0 Å². The molecule has 0 aliphatic heterocycles. The predicted molar refractivity (Wildman–Crippen MR) is 129 cm³/mol. The quantitative estimate of drug-likeness (QED) is 0.454. The lowest BCUT2D eigenvalue weighted by molar-refractivity contribution is -0.137. The van der Waals surface area contributed by atoms with Crippen molar-refractivity contribution in [3.63, 3.8) is 0 Å². The first-order valence-electron chi connectivity index (χ1n) is 11.1. The predicted octanol–water partition coefficient (Wildman–Crippen LogP) is 4.71. The summed E-state index contributed by atoms with van der Waals surface area (Å²) in [5.74, 6) is -1.67. The Bertz CT molecular complexity index is 1160. The zero-order valence-electron chi connectivity index (χ0n) is 18.8. The zero-order valence-corrected chi connectivity index (χ0v) is 18.8. The van der Waals surface area contributed by atoms with Gasteiger partial charge in [-0.15, -0.1) is 0 Å². The molecule has 4 rings (SSSR count). The molecule has 1 atom stereocenters. The van der Waals surface area contributed by atoms with E-state index in [1.807, 2.05) is 67.6 Å². The number of benzene rings is 3. The summed E-state index contributed by atoms with van der Waals surface area (Å²) in [5, 5.41) is 14.3. The van der Waals surface area contributed by atoms with Crippen molar-refractivity contribution < 1.29 is 24.2 Å². The van der Waals surface area contributed by atoms with E-state index < -0.39 is 24.0 Å². The smallest absolute Gasteiger partial charge is 0.407 e. The second-order valence-corrected chi connectivity index (χ2v) is 8.31. The molecule has 0 aromatic heterocycles. The van der Waals surface area contributed by atoms with Gasteiger partial charge in [0.15, 0.2) is 0 Å². The largest absolute Gasteiger partial charge is 0.481 e. The number of carboxylic acid groups (broad SMARTS) is 1. The second kappa shape index (κ2) is 10.2. The van der Waals surface area contributed by atoms with Crippen LogP contribution in [0.15, 0.2) is 72.8 Å². The molecular formula is C27H26N2O5. The van der Waals surface area contributed by atoms with Crippen LogP contribution in [0.3, 0.4) is 0 Å². The summed E-state index contributed by atoms with van der Waals surface area (Å²) in [6.45, 7) is 2.03. The Hall–Kier alpha value is -4.13. The van der Waals surface area contributed by atoms with E-state index in [0.717, 1.165) is 27.8 Å². The van der Waals surface area contributed by atoms with Gasteiger partial charge in [-0.25, -0.2) is 4.79 Å². The van der Waals surface area contributed by atoms with Crippen molar-refractivity contribution >= 4 is 23.7 Å². The molecule has 0 fully saturated rings. The first-order chi connectivity index (χ1) is 16.4. The average molecular weight is 459 g/mol. The number of aliphatic carboxylic acids is 1. The van der Waals surface area contributed by atoms with Gasteiger partial charge >= 0.3 is 12.1 Å². The van der Waals surface area contributed by atoms with Crippen LogP contribution in [-0.2, 0) is 14.3 Å². The molecule has 1 aliphatic carbocycles. The summed E-state index contributed by atoms with van der Waals surface area (Å²) in [4.78, 5) is 36.4. The molecule has 0 radical (unpaired) electrons. The van der Waals surface area contributed by atoms with Crippen LogP contribution >= 0.6 is 0 Å². The van der Waals surface area contributed by atoms with Gasteiger partial charge in [-0.1, -0.05) is 66.2 Å². The lowest BCUT2D eigenvalue weighted by Gasteiger charge is -2.19. The lowest BCUT2D eigenvalue weighted by atomic mass is 9.98. The van der Waals surface area contributed by atoms with Gasteiger partial charge in [-0.3, -0.25) is 9.59 Å². The second-order valence-electron chi connectivity index (χ2n) is 8.31. The number of ether oxygens (including phenoxy) is 1. The van der Waals surface area contributed by atoms with Crippen molar-refractivity contribution in [1.82, 2.24) is 5.32 Å². The number of amides is 2.